The van der Waals surface area contributed by atoms with Crippen molar-refractivity contribution in [3.63, 3.8) is 0 Å². The van der Waals surface area contributed by atoms with E-state index in [1.807, 2.05) is 66.7 Å². The number of aliphatic carboxylic acids is 1. The molecular weight excluding hydrogens is 320 g/mol. The molecule has 0 N–H and O–H groups in total. The molecule has 3 aromatic rings. The van der Waals surface area contributed by atoms with E-state index in [2.05, 4.69) is 9.97 Å². The number of carboxylic acids is 1. The zero-order valence-electron chi connectivity index (χ0n) is 13.0. The van der Waals surface area contributed by atoms with E-state index in [4.69, 9.17) is 0 Å². The molecule has 0 bridgehead atoms. The van der Waals surface area contributed by atoms with Crippen LogP contribution in [0.5, 0.6) is 0 Å². The van der Waals surface area contributed by atoms with Gasteiger partial charge in [-0.15, -0.1) is 0 Å². The monoisotopic (exact) mass is 335 g/mol. The Morgan fingerprint density at radius 1 is 0.917 bits per heavy atom. The smallest absolute Gasteiger partial charge is 0.189 e. The van der Waals surface area contributed by atoms with Gasteiger partial charge in [-0.05, 0) is 13.0 Å². The first-order valence-electron chi connectivity index (χ1n) is 7.51. The van der Waals surface area contributed by atoms with Gasteiger partial charge in [-0.3, -0.25) is 0 Å². The lowest BCUT2D eigenvalue weighted by Crippen LogP contribution is -2.31. The fraction of sp³-hybridized carbons (Fsp3) is 0.105. The van der Waals surface area contributed by atoms with Gasteiger partial charge in [0.05, 0.1) is 17.4 Å². The molecule has 3 rings (SSSR count). The molecule has 0 aliphatic heterocycles. The Kier molecular flexibility index (Phi) is 4.91. The summed E-state index contributed by atoms with van der Waals surface area (Å²) in [6.07, 6.45) is 0. The van der Waals surface area contributed by atoms with E-state index in [0.29, 0.717) is 5.16 Å². The third-order valence-corrected chi connectivity index (χ3v) is 4.40. The Morgan fingerprint density at radius 3 is 1.79 bits per heavy atom. The maximum absolute atomic E-state index is 11.0. The van der Waals surface area contributed by atoms with E-state index in [1.54, 1.807) is 6.92 Å². The lowest BCUT2D eigenvalue weighted by atomic mass is 10.1. The van der Waals surface area contributed by atoms with E-state index in [1.165, 1.54) is 0 Å². The lowest BCUT2D eigenvalue weighted by molar-refractivity contribution is -0.304. The van der Waals surface area contributed by atoms with Crippen LogP contribution in [0.2, 0.25) is 0 Å². The average molecular weight is 335 g/mol. The summed E-state index contributed by atoms with van der Waals surface area (Å²) in [5, 5.41) is 10.7. The highest BCUT2D eigenvalue weighted by Gasteiger charge is 2.12. The van der Waals surface area contributed by atoms with Gasteiger partial charge < -0.3 is 9.90 Å². The Labute approximate surface area is 144 Å². The molecule has 0 spiro atoms. The largest absolute Gasteiger partial charge is 0.549 e. The van der Waals surface area contributed by atoms with Crippen LogP contribution in [0.1, 0.15) is 6.92 Å². The molecule has 0 radical (unpaired) electrons. The van der Waals surface area contributed by atoms with Crippen LogP contribution in [0.3, 0.4) is 0 Å². The fourth-order valence-corrected chi connectivity index (χ4v) is 2.91. The zero-order valence-corrected chi connectivity index (χ0v) is 13.9. The Balaban J connectivity index is 2.07. The van der Waals surface area contributed by atoms with E-state index in [9.17, 15) is 9.90 Å². The van der Waals surface area contributed by atoms with Crippen molar-refractivity contribution in [2.75, 3.05) is 0 Å². The van der Waals surface area contributed by atoms with Crippen LogP contribution in [0, 0.1) is 0 Å². The predicted octanol–water partition coefficient (Wildman–Crippen LogP) is 3.04. The first kappa shape index (κ1) is 16.2. The number of carbonyl (C=O) groups is 1. The van der Waals surface area contributed by atoms with Crippen molar-refractivity contribution in [2.24, 2.45) is 0 Å². The van der Waals surface area contributed by atoms with Crippen molar-refractivity contribution < 1.29 is 9.90 Å². The summed E-state index contributed by atoms with van der Waals surface area (Å²) in [6, 6.07) is 21.4. The Bertz CT molecular complexity index is 781. The van der Waals surface area contributed by atoms with Crippen LogP contribution in [0.25, 0.3) is 22.5 Å². The molecule has 2 aromatic carbocycles. The highest BCUT2D eigenvalue weighted by molar-refractivity contribution is 8.00. The standard InChI is InChI=1S/C19H16N2O2S/c1-13(18(22)23)24-19-20-16(14-8-4-2-5-9-14)12-17(21-19)15-10-6-3-7-11-15/h2-13H,1H3,(H,22,23)/p-1/t13-/m1/s1. The van der Waals surface area contributed by atoms with Crippen LogP contribution >= 0.6 is 11.8 Å². The zero-order chi connectivity index (χ0) is 16.9. The molecule has 0 saturated carbocycles. The second kappa shape index (κ2) is 7.27. The molecular formula is C19H15N2O2S-. The fourth-order valence-electron chi connectivity index (χ4n) is 2.20. The first-order chi connectivity index (χ1) is 11.6. The molecule has 24 heavy (non-hydrogen) atoms. The van der Waals surface area contributed by atoms with Crippen LogP contribution in [-0.2, 0) is 4.79 Å². The molecule has 0 saturated heterocycles. The molecule has 0 aliphatic rings. The van der Waals surface area contributed by atoms with Gasteiger partial charge >= 0.3 is 0 Å². The minimum Gasteiger partial charge on any atom is -0.549 e. The van der Waals surface area contributed by atoms with Gasteiger partial charge in [-0.1, -0.05) is 72.4 Å². The molecule has 120 valence electrons. The van der Waals surface area contributed by atoms with Gasteiger partial charge in [-0.2, -0.15) is 0 Å². The summed E-state index contributed by atoms with van der Waals surface area (Å²) < 4.78 is 0. The van der Waals surface area contributed by atoms with E-state index < -0.39 is 11.2 Å². The molecule has 4 nitrogen and oxygen atoms in total. The number of benzene rings is 2. The Hall–Kier alpha value is -2.66. The SMILES string of the molecule is C[C@@H](Sc1nc(-c2ccccc2)cc(-c2ccccc2)n1)C(=O)[O-]. The summed E-state index contributed by atoms with van der Waals surface area (Å²) in [4.78, 5) is 20.1. The lowest BCUT2D eigenvalue weighted by Gasteiger charge is -2.13. The third-order valence-electron chi connectivity index (χ3n) is 3.46. The van der Waals surface area contributed by atoms with Crippen molar-refractivity contribution >= 4 is 17.7 Å². The maximum atomic E-state index is 11.0. The number of hydrogen-bond donors (Lipinski definition) is 0. The van der Waals surface area contributed by atoms with Crippen LogP contribution in [0.4, 0.5) is 0 Å². The van der Waals surface area contributed by atoms with Crippen molar-refractivity contribution in [3.05, 3.63) is 66.7 Å². The van der Waals surface area contributed by atoms with Crippen LogP contribution in [0.15, 0.2) is 71.9 Å². The molecule has 1 atom stereocenters. The molecule has 0 unspecified atom stereocenters. The molecule has 1 heterocycles. The number of carboxylic acid groups (broad SMARTS) is 1. The van der Waals surface area contributed by atoms with Gasteiger partial charge in [0.15, 0.2) is 5.16 Å². The predicted molar refractivity (Wildman–Crippen MR) is 93.2 cm³/mol. The number of nitrogens with zero attached hydrogens (tertiary/aromatic N) is 2. The quantitative estimate of drug-likeness (QED) is 0.530. The molecule has 0 amide bonds. The van der Waals surface area contributed by atoms with E-state index in [-0.39, 0.29) is 0 Å². The first-order valence-corrected chi connectivity index (χ1v) is 8.39. The number of thioether (sulfide) groups is 1. The number of hydrogen-bond acceptors (Lipinski definition) is 5. The molecule has 0 aliphatic carbocycles. The van der Waals surface area contributed by atoms with Crippen molar-refractivity contribution in [1.82, 2.24) is 9.97 Å². The van der Waals surface area contributed by atoms with Gasteiger partial charge in [0.2, 0.25) is 0 Å². The van der Waals surface area contributed by atoms with Crippen LogP contribution < -0.4 is 5.11 Å². The van der Waals surface area contributed by atoms with E-state index in [0.717, 1.165) is 34.3 Å². The van der Waals surface area contributed by atoms with Crippen molar-refractivity contribution in [1.29, 1.82) is 0 Å². The average Bonchev–Trinajstić information content (AvgIpc) is 2.63. The second-order valence-electron chi connectivity index (χ2n) is 5.23. The number of aromatic nitrogens is 2. The van der Waals surface area contributed by atoms with Crippen molar-refractivity contribution in [3.8, 4) is 22.5 Å². The van der Waals surface area contributed by atoms with Crippen molar-refractivity contribution in [2.45, 2.75) is 17.3 Å². The summed E-state index contributed by atoms with van der Waals surface area (Å²) in [6.45, 7) is 1.57. The normalized spacial score (nSPS) is 11.9. The maximum Gasteiger partial charge on any atom is 0.189 e. The minimum atomic E-state index is -1.13. The minimum absolute atomic E-state index is 0.423. The molecule has 1 aromatic heterocycles. The third kappa shape index (κ3) is 3.81. The summed E-state index contributed by atoms with van der Waals surface area (Å²) >= 11 is 1.09. The Morgan fingerprint density at radius 2 is 1.38 bits per heavy atom. The molecule has 0 fully saturated rings. The summed E-state index contributed by atoms with van der Waals surface area (Å²) in [5.41, 5.74) is 3.44. The van der Waals surface area contributed by atoms with Gasteiger partial charge in [0.1, 0.15) is 0 Å². The molecule has 5 heteroatoms. The highest BCUT2D eigenvalue weighted by Crippen LogP contribution is 2.28. The number of carbonyl (C=O) groups excluding carboxylic acids is 1. The highest BCUT2D eigenvalue weighted by atomic mass is 32.2. The topological polar surface area (TPSA) is 65.9 Å². The summed E-state index contributed by atoms with van der Waals surface area (Å²) in [7, 11) is 0. The summed E-state index contributed by atoms with van der Waals surface area (Å²) in [5.74, 6) is -1.13. The number of rotatable bonds is 5. The van der Waals surface area contributed by atoms with E-state index >= 15 is 0 Å². The van der Waals surface area contributed by atoms with Gasteiger partial charge in [0, 0.05) is 16.4 Å². The van der Waals surface area contributed by atoms with Crippen LogP contribution in [-0.4, -0.2) is 21.2 Å². The van der Waals surface area contributed by atoms with Gasteiger partial charge in [-0.25, -0.2) is 9.97 Å². The van der Waals surface area contributed by atoms with Gasteiger partial charge in [0.25, 0.3) is 0 Å². The second-order valence-corrected chi connectivity index (χ2v) is 6.54.